The zero-order valence-electron chi connectivity index (χ0n) is 16.2. The number of nitrogens with zero attached hydrogens (tertiary/aromatic N) is 4. The maximum absolute atomic E-state index is 11.1. The van der Waals surface area contributed by atoms with Crippen LogP contribution in [0, 0.1) is 0 Å². The number of phosphoric acid groups is 1. The maximum Gasteiger partial charge on any atom is 0.524 e. The van der Waals surface area contributed by atoms with Crippen LogP contribution in [0.25, 0.3) is 11.2 Å². The molecule has 3 heterocycles. The van der Waals surface area contributed by atoms with Gasteiger partial charge in [-0.25, -0.2) is 19.5 Å². The van der Waals surface area contributed by atoms with Crippen molar-refractivity contribution in [2.75, 3.05) is 11.9 Å². The Labute approximate surface area is 185 Å². The highest BCUT2D eigenvalue weighted by Crippen LogP contribution is 2.41. The highest BCUT2D eigenvalue weighted by atomic mass is 35.5. The molecule has 172 valence electrons. The van der Waals surface area contributed by atoms with Crippen molar-refractivity contribution in [2.45, 2.75) is 31.1 Å². The second-order valence-electron chi connectivity index (χ2n) is 6.98. The standard InChI is InChI=1S/C17H19ClN5O8P/c18-9-2-1-8(3-10(9)31-32(27,28)29)4-19-15-12-16(21-6-20-15)23(7-22-12)17-14(26)13(25)11(5-24)30-17/h1-3,6-7,11,13-14,17,24-26H,4-5H2,(H,19,20,21)(H2,27,28,29)/t11-,13-,14-,17-/m1/s1. The minimum atomic E-state index is -4.77. The van der Waals surface area contributed by atoms with Crippen molar-refractivity contribution in [3.8, 4) is 5.75 Å². The molecule has 0 unspecified atom stereocenters. The molecule has 6 N–H and O–H groups in total. The summed E-state index contributed by atoms with van der Waals surface area (Å²) in [5.74, 6) is 0.175. The topological polar surface area (TPSA) is 192 Å². The lowest BCUT2D eigenvalue weighted by molar-refractivity contribution is -0.0511. The molecule has 1 aliphatic rings. The summed E-state index contributed by atoms with van der Waals surface area (Å²) in [6.07, 6.45) is -1.86. The summed E-state index contributed by atoms with van der Waals surface area (Å²) in [5, 5.41) is 32.6. The third-order valence-electron chi connectivity index (χ3n) is 4.82. The predicted octanol–water partition coefficient (Wildman–Crippen LogP) is 0.175. The van der Waals surface area contributed by atoms with Crippen LogP contribution in [-0.4, -0.2) is 69.5 Å². The van der Waals surface area contributed by atoms with E-state index in [2.05, 4.69) is 24.8 Å². The molecule has 0 saturated carbocycles. The number of aromatic nitrogens is 4. The molecular weight excluding hydrogens is 469 g/mol. The molecule has 1 aromatic carbocycles. The fourth-order valence-electron chi connectivity index (χ4n) is 3.32. The van der Waals surface area contributed by atoms with Gasteiger partial charge in [-0.2, -0.15) is 0 Å². The van der Waals surface area contributed by atoms with Gasteiger partial charge in [0.25, 0.3) is 0 Å². The van der Waals surface area contributed by atoms with Crippen LogP contribution in [0.5, 0.6) is 5.75 Å². The van der Waals surface area contributed by atoms with Crippen molar-refractivity contribution in [1.82, 2.24) is 19.5 Å². The smallest absolute Gasteiger partial charge is 0.403 e. The summed E-state index contributed by atoms with van der Waals surface area (Å²) in [4.78, 5) is 30.6. The Hall–Kier alpha value is -2.35. The average molecular weight is 488 g/mol. The SMILES string of the molecule is O=P(O)(O)Oc1cc(CNc2ncnc3c2ncn3[C@@H]2O[C@H](CO)[C@@H](O)[C@H]2O)ccc1Cl. The molecule has 0 aliphatic carbocycles. The molecule has 2 aromatic heterocycles. The van der Waals surface area contributed by atoms with Gasteiger partial charge in [0.1, 0.15) is 30.4 Å². The molecule has 0 bridgehead atoms. The lowest BCUT2D eigenvalue weighted by Crippen LogP contribution is -2.33. The Morgan fingerprint density at radius 2 is 2.00 bits per heavy atom. The van der Waals surface area contributed by atoms with Gasteiger partial charge < -0.3 is 29.9 Å². The monoisotopic (exact) mass is 487 g/mol. The Morgan fingerprint density at radius 1 is 1.22 bits per heavy atom. The minimum absolute atomic E-state index is 0.0405. The zero-order valence-corrected chi connectivity index (χ0v) is 17.8. The Morgan fingerprint density at radius 3 is 2.69 bits per heavy atom. The second kappa shape index (κ2) is 8.89. The quantitative estimate of drug-likeness (QED) is 0.248. The lowest BCUT2D eigenvalue weighted by Gasteiger charge is -2.16. The van der Waals surface area contributed by atoms with Gasteiger partial charge in [0.2, 0.25) is 0 Å². The summed E-state index contributed by atoms with van der Waals surface area (Å²) in [6.45, 7) is -0.278. The molecule has 1 aliphatic heterocycles. The molecule has 0 amide bonds. The van der Waals surface area contributed by atoms with E-state index in [1.165, 1.54) is 29.4 Å². The maximum atomic E-state index is 11.1. The Kier molecular flexibility index (Phi) is 6.34. The first-order chi connectivity index (χ1) is 15.2. The fraction of sp³-hybridized carbons (Fsp3) is 0.353. The van der Waals surface area contributed by atoms with E-state index < -0.39 is 39.0 Å². The number of benzene rings is 1. The molecular formula is C17H19ClN5O8P. The molecule has 15 heteroatoms. The number of anilines is 1. The minimum Gasteiger partial charge on any atom is -0.403 e. The zero-order chi connectivity index (χ0) is 23.0. The van der Waals surface area contributed by atoms with Crippen molar-refractivity contribution in [3.05, 3.63) is 41.4 Å². The van der Waals surface area contributed by atoms with Crippen LogP contribution in [-0.2, 0) is 15.8 Å². The molecule has 4 rings (SSSR count). The number of aliphatic hydroxyl groups is 3. The number of phosphoric ester groups is 1. The third kappa shape index (κ3) is 4.56. The molecule has 1 fully saturated rings. The summed E-state index contributed by atoms with van der Waals surface area (Å²) in [6, 6.07) is 4.46. The third-order valence-corrected chi connectivity index (χ3v) is 5.57. The van der Waals surface area contributed by atoms with E-state index in [0.717, 1.165) is 0 Å². The Bertz CT molecular complexity index is 1170. The first-order valence-corrected chi connectivity index (χ1v) is 11.2. The number of imidazole rings is 1. The van der Waals surface area contributed by atoms with Gasteiger partial charge in [0.05, 0.1) is 18.0 Å². The number of rotatable bonds is 7. The van der Waals surface area contributed by atoms with Gasteiger partial charge in [-0.1, -0.05) is 17.7 Å². The molecule has 0 radical (unpaired) electrons. The number of hydrogen-bond acceptors (Lipinski definition) is 10. The number of fused-ring (bicyclic) bond motifs is 1. The van der Waals surface area contributed by atoms with Crippen LogP contribution < -0.4 is 9.84 Å². The fourth-order valence-corrected chi connectivity index (χ4v) is 3.94. The summed E-state index contributed by atoms with van der Waals surface area (Å²) >= 11 is 5.92. The number of nitrogens with one attached hydrogen (secondary N) is 1. The van der Waals surface area contributed by atoms with Gasteiger partial charge in [0.15, 0.2) is 23.2 Å². The van der Waals surface area contributed by atoms with Crippen molar-refractivity contribution < 1.29 is 38.9 Å². The van der Waals surface area contributed by atoms with E-state index in [-0.39, 0.29) is 17.3 Å². The van der Waals surface area contributed by atoms with Crippen LogP contribution in [0.4, 0.5) is 5.82 Å². The molecule has 3 aromatic rings. The summed E-state index contributed by atoms with van der Waals surface area (Å²) in [5.41, 5.74) is 1.26. The van der Waals surface area contributed by atoms with Gasteiger partial charge >= 0.3 is 7.82 Å². The molecule has 0 spiro atoms. The van der Waals surface area contributed by atoms with Gasteiger partial charge in [-0.15, -0.1) is 0 Å². The van der Waals surface area contributed by atoms with Crippen molar-refractivity contribution in [2.24, 2.45) is 0 Å². The molecule has 13 nitrogen and oxygen atoms in total. The summed E-state index contributed by atoms with van der Waals surface area (Å²) < 4.78 is 22.6. The van der Waals surface area contributed by atoms with Crippen LogP contribution >= 0.6 is 19.4 Å². The van der Waals surface area contributed by atoms with E-state index in [9.17, 15) is 19.9 Å². The highest BCUT2D eigenvalue weighted by Gasteiger charge is 2.44. The van der Waals surface area contributed by atoms with Crippen LogP contribution in [0.3, 0.4) is 0 Å². The number of halogens is 1. The van der Waals surface area contributed by atoms with E-state index in [1.807, 2.05) is 0 Å². The van der Waals surface area contributed by atoms with Crippen molar-refractivity contribution in [3.63, 3.8) is 0 Å². The van der Waals surface area contributed by atoms with E-state index in [4.69, 9.17) is 26.1 Å². The van der Waals surface area contributed by atoms with Crippen LogP contribution in [0.2, 0.25) is 5.02 Å². The largest absolute Gasteiger partial charge is 0.524 e. The van der Waals surface area contributed by atoms with Crippen LogP contribution in [0.15, 0.2) is 30.9 Å². The molecule has 32 heavy (non-hydrogen) atoms. The number of ether oxygens (including phenoxy) is 1. The normalized spacial score (nSPS) is 23.6. The van der Waals surface area contributed by atoms with Gasteiger partial charge in [-0.05, 0) is 17.7 Å². The van der Waals surface area contributed by atoms with Crippen molar-refractivity contribution >= 4 is 36.4 Å². The second-order valence-corrected chi connectivity index (χ2v) is 8.55. The van der Waals surface area contributed by atoms with Crippen LogP contribution in [0.1, 0.15) is 11.8 Å². The Balaban J connectivity index is 1.56. The van der Waals surface area contributed by atoms with E-state index in [1.54, 1.807) is 6.07 Å². The van der Waals surface area contributed by atoms with E-state index >= 15 is 0 Å². The molecule has 4 atom stereocenters. The first kappa shape index (κ1) is 22.8. The summed E-state index contributed by atoms with van der Waals surface area (Å²) in [7, 11) is -4.77. The number of hydrogen-bond donors (Lipinski definition) is 6. The molecule has 1 saturated heterocycles. The van der Waals surface area contributed by atoms with Gasteiger partial charge in [0, 0.05) is 6.54 Å². The first-order valence-electron chi connectivity index (χ1n) is 9.25. The predicted molar refractivity (Wildman–Crippen MR) is 110 cm³/mol. The highest BCUT2D eigenvalue weighted by molar-refractivity contribution is 7.46. The van der Waals surface area contributed by atoms with E-state index in [0.29, 0.717) is 22.5 Å². The van der Waals surface area contributed by atoms with Gasteiger partial charge in [-0.3, -0.25) is 14.4 Å². The average Bonchev–Trinajstić information content (AvgIpc) is 3.29. The van der Waals surface area contributed by atoms with Crippen molar-refractivity contribution in [1.29, 1.82) is 0 Å². The lowest BCUT2D eigenvalue weighted by atomic mass is 10.1. The number of aliphatic hydroxyl groups excluding tert-OH is 3.